The number of rotatable bonds is 3. The summed E-state index contributed by atoms with van der Waals surface area (Å²) >= 11 is 1.50. The monoisotopic (exact) mass is 318 g/mol. The van der Waals surface area contributed by atoms with Gasteiger partial charge in [0.25, 0.3) is 5.91 Å². The summed E-state index contributed by atoms with van der Waals surface area (Å²) in [5.41, 5.74) is -0.701. The molecule has 0 atom stereocenters. The average Bonchev–Trinajstić information content (AvgIpc) is 3.25. The van der Waals surface area contributed by atoms with Gasteiger partial charge < -0.3 is 9.84 Å². The Labute approximate surface area is 130 Å². The van der Waals surface area contributed by atoms with E-state index in [1.165, 1.54) is 16.2 Å². The van der Waals surface area contributed by atoms with Gasteiger partial charge in [0.2, 0.25) is 11.7 Å². The Hall–Kier alpha value is -2.22. The lowest BCUT2D eigenvalue weighted by atomic mass is 9.98. The number of carbonyl (C=O) groups excluding carboxylic acids is 2. The van der Waals surface area contributed by atoms with Gasteiger partial charge in [0.15, 0.2) is 0 Å². The fourth-order valence-corrected chi connectivity index (χ4v) is 3.75. The van der Waals surface area contributed by atoms with Crippen LogP contribution in [0.2, 0.25) is 0 Å². The van der Waals surface area contributed by atoms with Crippen LogP contribution in [0, 0.1) is 0 Å². The summed E-state index contributed by atoms with van der Waals surface area (Å²) in [6.07, 6.45) is 3.34. The van der Waals surface area contributed by atoms with E-state index >= 15 is 0 Å². The Kier molecular flexibility index (Phi) is 3.00. The fourth-order valence-electron chi connectivity index (χ4n) is 3.10. The Balaban J connectivity index is 1.54. The molecule has 0 aromatic carbocycles. The van der Waals surface area contributed by atoms with Gasteiger partial charge in [0, 0.05) is 0 Å². The molecule has 7 nitrogen and oxygen atoms in total. The van der Waals surface area contributed by atoms with Gasteiger partial charge in [-0.2, -0.15) is 4.98 Å². The highest BCUT2D eigenvalue weighted by molar-refractivity contribution is 7.13. The second kappa shape index (κ2) is 4.91. The van der Waals surface area contributed by atoms with E-state index in [0.717, 1.165) is 17.7 Å². The highest BCUT2D eigenvalue weighted by atomic mass is 32.1. The third-order valence-corrected chi connectivity index (χ3v) is 5.07. The van der Waals surface area contributed by atoms with E-state index in [0.29, 0.717) is 18.7 Å². The molecule has 3 amide bonds. The summed E-state index contributed by atoms with van der Waals surface area (Å²) in [6.45, 7) is 0.0186. The lowest BCUT2D eigenvalue weighted by molar-refractivity contribution is -0.131. The van der Waals surface area contributed by atoms with E-state index in [4.69, 9.17) is 4.52 Å². The molecule has 0 radical (unpaired) electrons. The highest BCUT2D eigenvalue weighted by Gasteiger charge is 2.52. The number of aromatic nitrogens is 2. The molecule has 8 heteroatoms. The molecule has 1 saturated carbocycles. The SMILES string of the molecule is O=C1NC2(CCCC2)C(=O)N1Cc1nc(-c2cccs2)no1. The molecule has 1 aliphatic carbocycles. The summed E-state index contributed by atoms with van der Waals surface area (Å²) in [7, 11) is 0. The quantitative estimate of drug-likeness (QED) is 0.876. The maximum Gasteiger partial charge on any atom is 0.325 e. The maximum atomic E-state index is 12.5. The number of nitrogens with one attached hydrogen (secondary N) is 1. The Morgan fingerprint density at radius 1 is 1.36 bits per heavy atom. The fraction of sp³-hybridized carbons (Fsp3) is 0.429. The van der Waals surface area contributed by atoms with Crippen LogP contribution in [-0.2, 0) is 11.3 Å². The minimum absolute atomic E-state index is 0.0186. The molecule has 0 unspecified atom stereocenters. The van der Waals surface area contributed by atoms with E-state index in [-0.39, 0.29) is 24.4 Å². The van der Waals surface area contributed by atoms with E-state index in [1.54, 1.807) is 0 Å². The largest absolute Gasteiger partial charge is 0.337 e. The molecule has 2 aromatic heterocycles. The van der Waals surface area contributed by atoms with Crippen molar-refractivity contribution in [2.45, 2.75) is 37.8 Å². The molecule has 0 bridgehead atoms. The average molecular weight is 318 g/mol. The summed E-state index contributed by atoms with van der Waals surface area (Å²) in [6, 6.07) is 3.42. The van der Waals surface area contributed by atoms with E-state index in [2.05, 4.69) is 15.5 Å². The maximum absolute atomic E-state index is 12.5. The molecule has 1 spiro atoms. The number of carbonyl (C=O) groups is 2. The summed E-state index contributed by atoms with van der Waals surface area (Å²) in [5.74, 6) is 0.570. The topological polar surface area (TPSA) is 88.3 Å². The first-order valence-electron chi connectivity index (χ1n) is 7.19. The third kappa shape index (κ3) is 2.02. The van der Waals surface area contributed by atoms with Gasteiger partial charge in [-0.3, -0.25) is 9.69 Å². The van der Waals surface area contributed by atoms with Gasteiger partial charge in [0.05, 0.1) is 4.88 Å². The van der Waals surface area contributed by atoms with Crippen molar-refractivity contribution in [2.75, 3.05) is 0 Å². The molecule has 2 fully saturated rings. The highest BCUT2D eigenvalue weighted by Crippen LogP contribution is 2.35. The van der Waals surface area contributed by atoms with Crippen LogP contribution in [0.3, 0.4) is 0 Å². The minimum Gasteiger partial charge on any atom is -0.337 e. The molecular formula is C14H14N4O3S. The van der Waals surface area contributed by atoms with Gasteiger partial charge in [-0.05, 0) is 24.3 Å². The van der Waals surface area contributed by atoms with Crippen LogP contribution in [-0.4, -0.2) is 32.5 Å². The molecule has 114 valence electrons. The number of urea groups is 1. The van der Waals surface area contributed by atoms with E-state index in [9.17, 15) is 9.59 Å². The molecule has 2 aliphatic rings. The Morgan fingerprint density at radius 3 is 2.91 bits per heavy atom. The first-order valence-corrected chi connectivity index (χ1v) is 8.06. The summed E-state index contributed by atoms with van der Waals surface area (Å²) in [5, 5.41) is 8.65. The smallest absolute Gasteiger partial charge is 0.325 e. The predicted octanol–water partition coefficient (Wildman–Crippen LogP) is 2.16. The second-order valence-electron chi connectivity index (χ2n) is 5.60. The van der Waals surface area contributed by atoms with Crippen LogP contribution >= 0.6 is 11.3 Å². The summed E-state index contributed by atoms with van der Waals surface area (Å²) in [4.78, 5) is 31.0. The zero-order valence-corrected chi connectivity index (χ0v) is 12.6. The molecule has 1 saturated heterocycles. The van der Waals surface area contributed by atoms with Crippen molar-refractivity contribution >= 4 is 23.3 Å². The first kappa shape index (κ1) is 13.4. The Morgan fingerprint density at radius 2 is 2.18 bits per heavy atom. The predicted molar refractivity (Wildman–Crippen MR) is 77.9 cm³/mol. The number of imide groups is 1. The van der Waals surface area contributed by atoms with Crippen molar-refractivity contribution in [3.63, 3.8) is 0 Å². The normalized spacial score (nSPS) is 20.1. The molecule has 2 aromatic rings. The van der Waals surface area contributed by atoms with Crippen LogP contribution in [0.1, 0.15) is 31.6 Å². The van der Waals surface area contributed by atoms with Gasteiger partial charge in [-0.15, -0.1) is 11.3 Å². The second-order valence-corrected chi connectivity index (χ2v) is 6.55. The van der Waals surface area contributed by atoms with Crippen molar-refractivity contribution in [3.8, 4) is 10.7 Å². The van der Waals surface area contributed by atoms with Crippen LogP contribution < -0.4 is 5.32 Å². The minimum atomic E-state index is -0.701. The van der Waals surface area contributed by atoms with E-state index in [1.807, 2.05) is 17.5 Å². The van der Waals surface area contributed by atoms with E-state index < -0.39 is 5.54 Å². The first-order chi connectivity index (χ1) is 10.7. The number of hydrogen-bond acceptors (Lipinski definition) is 6. The van der Waals surface area contributed by atoms with Crippen molar-refractivity contribution in [3.05, 3.63) is 23.4 Å². The third-order valence-electron chi connectivity index (χ3n) is 4.21. The van der Waals surface area contributed by atoms with Crippen molar-refractivity contribution in [1.29, 1.82) is 0 Å². The number of nitrogens with zero attached hydrogens (tertiary/aromatic N) is 3. The number of hydrogen-bond donors (Lipinski definition) is 1. The van der Waals surface area contributed by atoms with Crippen LogP contribution in [0.15, 0.2) is 22.0 Å². The number of thiophene rings is 1. The van der Waals surface area contributed by atoms with Crippen LogP contribution in [0.4, 0.5) is 4.79 Å². The van der Waals surface area contributed by atoms with Gasteiger partial charge in [-0.1, -0.05) is 24.1 Å². The zero-order chi connectivity index (χ0) is 15.2. The molecule has 22 heavy (non-hydrogen) atoms. The molecule has 3 heterocycles. The van der Waals surface area contributed by atoms with Crippen LogP contribution in [0.25, 0.3) is 10.7 Å². The standard InChI is InChI=1S/C14H14N4O3S/c19-12-14(5-1-2-6-14)16-13(20)18(12)8-10-15-11(17-21-10)9-4-3-7-22-9/h3-4,7H,1-2,5-6,8H2,(H,16,20). The summed E-state index contributed by atoms with van der Waals surface area (Å²) < 4.78 is 5.17. The van der Waals surface area contributed by atoms with Crippen LogP contribution in [0.5, 0.6) is 0 Å². The van der Waals surface area contributed by atoms with Crippen molar-refractivity contribution in [2.24, 2.45) is 0 Å². The molecule has 4 rings (SSSR count). The lowest BCUT2D eigenvalue weighted by Crippen LogP contribution is -2.44. The molecule has 1 aliphatic heterocycles. The number of amides is 3. The Bertz CT molecular complexity index is 718. The molecular weight excluding hydrogens is 304 g/mol. The van der Waals surface area contributed by atoms with Crippen molar-refractivity contribution in [1.82, 2.24) is 20.4 Å². The van der Waals surface area contributed by atoms with Gasteiger partial charge in [-0.25, -0.2) is 4.79 Å². The van der Waals surface area contributed by atoms with Gasteiger partial charge in [0.1, 0.15) is 12.1 Å². The van der Waals surface area contributed by atoms with Crippen molar-refractivity contribution < 1.29 is 14.1 Å². The van der Waals surface area contributed by atoms with Gasteiger partial charge >= 0.3 is 6.03 Å². The zero-order valence-electron chi connectivity index (χ0n) is 11.7. The lowest BCUT2D eigenvalue weighted by Gasteiger charge is -2.19. The molecule has 1 N–H and O–H groups in total.